The molecule has 1 aliphatic heterocycles. The van der Waals surface area contributed by atoms with Crippen LogP contribution in [0.25, 0.3) is 0 Å². The Morgan fingerprint density at radius 3 is 2.35 bits per heavy atom. The summed E-state index contributed by atoms with van der Waals surface area (Å²) in [5.74, 6) is 0.873. The van der Waals surface area contributed by atoms with Gasteiger partial charge in [0.15, 0.2) is 5.78 Å². The Kier molecular flexibility index (Phi) is 4.45. The van der Waals surface area contributed by atoms with Crippen molar-refractivity contribution in [1.82, 2.24) is 4.90 Å². The van der Waals surface area contributed by atoms with Crippen molar-refractivity contribution in [2.75, 3.05) is 20.2 Å². The van der Waals surface area contributed by atoms with E-state index in [0.29, 0.717) is 18.4 Å². The monoisotopic (exact) mass is 277 g/mol. The maximum Gasteiger partial charge on any atom is 0.179 e. The van der Waals surface area contributed by atoms with E-state index in [2.05, 4.69) is 4.90 Å². The van der Waals surface area contributed by atoms with Gasteiger partial charge in [-0.15, -0.1) is 0 Å². The lowest BCUT2D eigenvalue weighted by molar-refractivity contribution is -0.0127. The molecule has 0 radical (unpaired) electrons. The highest BCUT2D eigenvalue weighted by molar-refractivity contribution is 5.99. The maximum absolute atomic E-state index is 12.5. The van der Waals surface area contributed by atoms with Gasteiger partial charge < -0.3 is 9.84 Å². The van der Waals surface area contributed by atoms with E-state index in [1.54, 1.807) is 31.4 Å². The third-order valence-corrected chi connectivity index (χ3v) is 4.18. The molecule has 1 heterocycles. The van der Waals surface area contributed by atoms with Crippen LogP contribution in [0.15, 0.2) is 24.3 Å². The molecule has 0 spiro atoms. The number of likely N-dealkylation sites (tertiary alicyclic amines) is 1. The van der Waals surface area contributed by atoms with Crippen LogP contribution in [0, 0.1) is 0 Å². The molecule has 20 heavy (non-hydrogen) atoms. The van der Waals surface area contributed by atoms with Crippen molar-refractivity contribution < 1.29 is 14.6 Å². The van der Waals surface area contributed by atoms with Crippen LogP contribution < -0.4 is 4.74 Å². The molecule has 1 aromatic rings. The maximum atomic E-state index is 12.5. The molecule has 0 aromatic heterocycles. The molecule has 0 saturated carbocycles. The molecular weight excluding hydrogens is 254 g/mol. The number of hydrogen-bond acceptors (Lipinski definition) is 4. The van der Waals surface area contributed by atoms with E-state index in [1.165, 1.54) is 0 Å². The second-order valence-corrected chi connectivity index (χ2v) is 5.80. The summed E-state index contributed by atoms with van der Waals surface area (Å²) in [7, 11) is 1.61. The fraction of sp³-hybridized carbons (Fsp3) is 0.562. The minimum Gasteiger partial charge on any atom is -0.497 e. The molecule has 1 aliphatic rings. The lowest BCUT2D eigenvalue weighted by atomic mass is 9.92. The van der Waals surface area contributed by atoms with Crippen LogP contribution in [0.3, 0.4) is 0 Å². The van der Waals surface area contributed by atoms with Crippen molar-refractivity contribution in [1.29, 1.82) is 0 Å². The summed E-state index contributed by atoms with van der Waals surface area (Å²) in [4.78, 5) is 14.6. The van der Waals surface area contributed by atoms with E-state index in [-0.39, 0.29) is 11.8 Å². The number of piperidine rings is 1. The van der Waals surface area contributed by atoms with Crippen molar-refractivity contribution in [3.05, 3.63) is 29.8 Å². The molecule has 4 nitrogen and oxygen atoms in total. The van der Waals surface area contributed by atoms with Crippen molar-refractivity contribution >= 4 is 5.78 Å². The zero-order valence-corrected chi connectivity index (χ0v) is 12.4. The minimum atomic E-state index is -0.584. The first-order chi connectivity index (χ1) is 9.43. The highest BCUT2D eigenvalue weighted by Gasteiger charge is 2.31. The molecule has 0 bridgehead atoms. The number of hydrogen-bond donors (Lipinski definition) is 1. The molecule has 1 atom stereocenters. The standard InChI is InChI=1S/C16H23NO3/c1-12(17-10-8-16(2,19)9-11-17)15(18)13-4-6-14(20-3)7-5-13/h4-7,12,19H,8-11H2,1-3H3. The molecule has 2 rings (SSSR count). The minimum absolute atomic E-state index is 0.120. The Hall–Kier alpha value is -1.39. The number of nitrogens with zero attached hydrogens (tertiary/aromatic N) is 1. The van der Waals surface area contributed by atoms with Gasteiger partial charge in [-0.25, -0.2) is 0 Å². The largest absolute Gasteiger partial charge is 0.497 e. The number of carbonyl (C=O) groups is 1. The highest BCUT2D eigenvalue weighted by atomic mass is 16.5. The molecule has 0 aliphatic carbocycles. The van der Waals surface area contributed by atoms with Gasteiger partial charge in [0.25, 0.3) is 0 Å². The summed E-state index contributed by atoms with van der Waals surface area (Å²) in [5, 5.41) is 9.96. The number of methoxy groups -OCH3 is 1. The van der Waals surface area contributed by atoms with E-state index in [1.807, 2.05) is 13.8 Å². The molecule has 1 fully saturated rings. The first-order valence-electron chi connectivity index (χ1n) is 7.08. The van der Waals surface area contributed by atoms with E-state index >= 15 is 0 Å². The van der Waals surface area contributed by atoms with Gasteiger partial charge in [0.05, 0.1) is 18.8 Å². The van der Waals surface area contributed by atoms with Crippen LogP contribution in [0.1, 0.15) is 37.0 Å². The van der Waals surface area contributed by atoms with Gasteiger partial charge in [-0.05, 0) is 51.0 Å². The van der Waals surface area contributed by atoms with Crippen LogP contribution in [-0.2, 0) is 0 Å². The van der Waals surface area contributed by atoms with Crippen LogP contribution in [0.2, 0.25) is 0 Å². The summed E-state index contributed by atoms with van der Waals surface area (Å²) in [6.45, 7) is 5.32. The molecule has 1 saturated heterocycles. The lowest BCUT2D eigenvalue weighted by Gasteiger charge is -2.38. The average Bonchev–Trinajstić information content (AvgIpc) is 2.46. The van der Waals surface area contributed by atoms with Crippen LogP contribution >= 0.6 is 0 Å². The molecule has 1 aromatic carbocycles. The second kappa shape index (κ2) is 5.94. The highest BCUT2D eigenvalue weighted by Crippen LogP contribution is 2.24. The Bertz CT molecular complexity index is 457. The van der Waals surface area contributed by atoms with Gasteiger partial charge in [-0.2, -0.15) is 0 Å². The molecule has 1 N–H and O–H groups in total. The quantitative estimate of drug-likeness (QED) is 0.856. The second-order valence-electron chi connectivity index (χ2n) is 5.80. The smallest absolute Gasteiger partial charge is 0.179 e. The van der Waals surface area contributed by atoms with E-state index < -0.39 is 5.60 Å². The number of ketones is 1. The Morgan fingerprint density at radius 1 is 1.30 bits per heavy atom. The summed E-state index contributed by atoms with van der Waals surface area (Å²) >= 11 is 0. The Morgan fingerprint density at radius 2 is 1.85 bits per heavy atom. The number of carbonyl (C=O) groups excluding carboxylic acids is 1. The molecule has 1 unspecified atom stereocenters. The van der Waals surface area contributed by atoms with Crippen molar-refractivity contribution in [3.8, 4) is 5.75 Å². The third kappa shape index (κ3) is 3.38. The normalized spacial score (nSPS) is 20.4. The van der Waals surface area contributed by atoms with Crippen molar-refractivity contribution in [3.63, 3.8) is 0 Å². The first kappa shape index (κ1) is 15.0. The van der Waals surface area contributed by atoms with Crippen molar-refractivity contribution in [2.45, 2.75) is 38.3 Å². The topological polar surface area (TPSA) is 49.8 Å². The summed E-state index contributed by atoms with van der Waals surface area (Å²) in [5.41, 5.74) is 0.120. The number of ether oxygens (including phenoxy) is 1. The Labute approximate surface area is 120 Å². The number of aliphatic hydroxyl groups is 1. The molecular formula is C16H23NO3. The van der Waals surface area contributed by atoms with Crippen LogP contribution in [0.4, 0.5) is 0 Å². The van der Waals surface area contributed by atoms with Gasteiger partial charge in [0, 0.05) is 18.7 Å². The van der Waals surface area contributed by atoms with Gasteiger partial charge in [-0.1, -0.05) is 0 Å². The fourth-order valence-electron chi connectivity index (χ4n) is 2.56. The number of rotatable bonds is 4. The van der Waals surface area contributed by atoms with E-state index in [4.69, 9.17) is 4.74 Å². The van der Waals surface area contributed by atoms with Gasteiger partial charge >= 0.3 is 0 Å². The Balaban J connectivity index is 2.01. The molecule has 0 amide bonds. The predicted molar refractivity (Wildman–Crippen MR) is 78.2 cm³/mol. The summed E-state index contributed by atoms with van der Waals surface area (Å²) in [6, 6.07) is 7.07. The number of Topliss-reactive ketones (excluding diaryl/α,β-unsaturated/α-hetero) is 1. The van der Waals surface area contributed by atoms with Crippen molar-refractivity contribution in [2.24, 2.45) is 0 Å². The average molecular weight is 277 g/mol. The first-order valence-corrected chi connectivity index (χ1v) is 7.08. The number of benzene rings is 1. The van der Waals surface area contributed by atoms with Gasteiger partial charge in [0.2, 0.25) is 0 Å². The summed E-state index contributed by atoms with van der Waals surface area (Å²) in [6.07, 6.45) is 1.43. The zero-order valence-electron chi connectivity index (χ0n) is 12.4. The zero-order chi connectivity index (χ0) is 14.8. The SMILES string of the molecule is COc1ccc(C(=O)C(C)N2CCC(C)(O)CC2)cc1. The van der Waals surface area contributed by atoms with E-state index in [0.717, 1.165) is 18.8 Å². The third-order valence-electron chi connectivity index (χ3n) is 4.18. The fourth-order valence-corrected chi connectivity index (χ4v) is 2.56. The predicted octanol–water partition coefficient (Wildman–Crippen LogP) is 2.11. The summed E-state index contributed by atoms with van der Waals surface area (Å²) < 4.78 is 5.10. The van der Waals surface area contributed by atoms with Crippen LogP contribution in [0.5, 0.6) is 5.75 Å². The molecule has 4 heteroatoms. The van der Waals surface area contributed by atoms with Gasteiger partial charge in [0.1, 0.15) is 5.75 Å². The molecule has 110 valence electrons. The van der Waals surface area contributed by atoms with E-state index in [9.17, 15) is 9.90 Å². The van der Waals surface area contributed by atoms with Gasteiger partial charge in [-0.3, -0.25) is 9.69 Å². The van der Waals surface area contributed by atoms with Crippen LogP contribution in [-0.4, -0.2) is 47.6 Å². The lowest BCUT2D eigenvalue weighted by Crippen LogP contribution is -2.48.